The highest BCUT2D eigenvalue weighted by atomic mass is 19.1. The first kappa shape index (κ1) is 21.6. The van der Waals surface area contributed by atoms with Crippen LogP contribution in [0.1, 0.15) is 30.9 Å². The molecule has 0 radical (unpaired) electrons. The van der Waals surface area contributed by atoms with Gasteiger partial charge in [0.25, 0.3) is 0 Å². The molecule has 0 spiro atoms. The molecule has 1 saturated heterocycles. The Bertz CT molecular complexity index is 888. The lowest BCUT2D eigenvalue weighted by Gasteiger charge is -2.39. The molecule has 7 heteroatoms. The third-order valence-electron chi connectivity index (χ3n) is 5.48. The van der Waals surface area contributed by atoms with E-state index < -0.39 is 5.41 Å². The highest BCUT2D eigenvalue weighted by molar-refractivity contribution is 5.84. The summed E-state index contributed by atoms with van der Waals surface area (Å²) in [5, 5.41) is 5.85. The van der Waals surface area contributed by atoms with Crippen LogP contribution in [-0.4, -0.2) is 37.0 Å². The molecule has 0 aromatic heterocycles. The van der Waals surface area contributed by atoms with Crippen molar-refractivity contribution in [2.75, 3.05) is 20.2 Å². The van der Waals surface area contributed by atoms with E-state index in [2.05, 4.69) is 10.6 Å². The molecule has 1 atom stereocenters. The Morgan fingerprint density at radius 3 is 2.57 bits per heavy atom. The van der Waals surface area contributed by atoms with E-state index in [0.717, 1.165) is 29.7 Å². The van der Waals surface area contributed by atoms with Crippen molar-refractivity contribution >= 4 is 11.9 Å². The van der Waals surface area contributed by atoms with Gasteiger partial charge in [0.2, 0.25) is 5.91 Å². The number of hydrogen-bond donors (Lipinski definition) is 2. The standard InChI is InChI=1S/C23H28FN3O3/c1-23(21(28)25-15-18-5-3-6-20(13-18)30-2)11-4-12-27(16-23)22(29)26-14-17-7-9-19(24)10-8-17/h3,5-10,13H,4,11-12,14-16H2,1-2H3,(H,25,28)(H,26,29)/t23-/m1/s1. The second-order valence-corrected chi connectivity index (χ2v) is 7.91. The highest BCUT2D eigenvalue weighted by Crippen LogP contribution is 2.30. The predicted molar refractivity (Wildman–Crippen MR) is 112 cm³/mol. The Morgan fingerprint density at radius 1 is 1.10 bits per heavy atom. The molecular formula is C23H28FN3O3. The third kappa shape index (κ3) is 5.49. The molecule has 1 fully saturated rings. The number of carbonyl (C=O) groups excluding carboxylic acids is 2. The van der Waals surface area contributed by atoms with Gasteiger partial charge in [0, 0.05) is 26.2 Å². The molecule has 0 bridgehead atoms. The number of nitrogens with one attached hydrogen (secondary N) is 2. The van der Waals surface area contributed by atoms with Crippen molar-refractivity contribution in [3.05, 3.63) is 65.5 Å². The first-order chi connectivity index (χ1) is 14.4. The van der Waals surface area contributed by atoms with Gasteiger partial charge >= 0.3 is 6.03 Å². The average molecular weight is 413 g/mol. The molecule has 3 rings (SSSR count). The van der Waals surface area contributed by atoms with E-state index in [1.54, 1.807) is 24.1 Å². The van der Waals surface area contributed by atoms with Crippen molar-refractivity contribution < 1.29 is 18.7 Å². The third-order valence-corrected chi connectivity index (χ3v) is 5.48. The summed E-state index contributed by atoms with van der Waals surface area (Å²) in [4.78, 5) is 27.2. The molecule has 2 aromatic rings. The van der Waals surface area contributed by atoms with Crippen molar-refractivity contribution in [2.24, 2.45) is 5.41 Å². The summed E-state index contributed by atoms with van der Waals surface area (Å²) < 4.78 is 18.2. The maximum Gasteiger partial charge on any atom is 0.317 e. The Kier molecular flexibility index (Phi) is 6.92. The second-order valence-electron chi connectivity index (χ2n) is 7.91. The fourth-order valence-electron chi connectivity index (χ4n) is 3.67. The summed E-state index contributed by atoms with van der Waals surface area (Å²) in [5.41, 5.74) is 1.13. The maximum atomic E-state index is 13.0. The molecule has 2 aromatic carbocycles. The van der Waals surface area contributed by atoms with Crippen LogP contribution in [0.15, 0.2) is 48.5 Å². The number of ether oxygens (including phenoxy) is 1. The van der Waals surface area contributed by atoms with Crippen LogP contribution < -0.4 is 15.4 Å². The van der Waals surface area contributed by atoms with E-state index >= 15 is 0 Å². The number of halogens is 1. The lowest BCUT2D eigenvalue weighted by molar-refractivity contribution is -0.132. The minimum absolute atomic E-state index is 0.0682. The van der Waals surface area contributed by atoms with Gasteiger partial charge in [0.1, 0.15) is 11.6 Å². The van der Waals surface area contributed by atoms with Crippen LogP contribution in [0.2, 0.25) is 0 Å². The van der Waals surface area contributed by atoms with Gasteiger partial charge in [-0.3, -0.25) is 4.79 Å². The van der Waals surface area contributed by atoms with E-state index in [-0.39, 0.29) is 17.8 Å². The first-order valence-corrected chi connectivity index (χ1v) is 10.1. The number of likely N-dealkylation sites (tertiary alicyclic amines) is 1. The fourth-order valence-corrected chi connectivity index (χ4v) is 3.67. The molecule has 0 aliphatic carbocycles. The van der Waals surface area contributed by atoms with Crippen molar-refractivity contribution in [3.8, 4) is 5.75 Å². The lowest BCUT2D eigenvalue weighted by atomic mass is 9.81. The Balaban J connectivity index is 1.54. The van der Waals surface area contributed by atoms with E-state index in [4.69, 9.17) is 4.74 Å². The van der Waals surface area contributed by atoms with E-state index in [0.29, 0.717) is 26.2 Å². The number of hydrogen-bond acceptors (Lipinski definition) is 3. The molecule has 2 N–H and O–H groups in total. The number of amides is 3. The zero-order chi connectivity index (χ0) is 21.6. The second kappa shape index (κ2) is 9.61. The summed E-state index contributed by atoms with van der Waals surface area (Å²) >= 11 is 0. The summed E-state index contributed by atoms with van der Waals surface area (Å²) in [5.74, 6) is 0.368. The molecule has 6 nitrogen and oxygen atoms in total. The molecule has 1 aliphatic rings. The summed E-state index contributed by atoms with van der Waals surface area (Å²) in [6, 6.07) is 13.4. The lowest BCUT2D eigenvalue weighted by Crippen LogP contribution is -2.53. The molecule has 3 amide bonds. The molecule has 0 unspecified atom stereocenters. The normalized spacial score (nSPS) is 18.6. The van der Waals surface area contributed by atoms with E-state index in [1.807, 2.05) is 31.2 Å². The van der Waals surface area contributed by atoms with Gasteiger partial charge in [-0.15, -0.1) is 0 Å². The minimum atomic E-state index is -0.648. The number of piperidine rings is 1. The van der Waals surface area contributed by atoms with Crippen LogP contribution in [0.4, 0.5) is 9.18 Å². The zero-order valence-electron chi connectivity index (χ0n) is 17.4. The smallest absolute Gasteiger partial charge is 0.317 e. The summed E-state index contributed by atoms with van der Waals surface area (Å²) in [6.45, 7) is 3.57. The number of methoxy groups -OCH3 is 1. The Morgan fingerprint density at radius 2 is 1.83 bits per heavy atom. The molecule has 30 heavy (non-hydrogen) atoms. The van der Waals surface area contributed by atoms with Gasteiger partial charge in [-0.2, -0.15) is 0 Å². The van der Waals surface area contributed by atoms with Crippen LogP contribution in [0.3, 0.4) is 0 Å². The molecule has 1 heterocycles. The number of nitrogens with zero attached hydrogens (tertiary/aromatic N) is 1. The number of benzene rings is 2. The topological polar surface area (TPSA) is 70.7 Å². The molecule has 1 aliphatic heterocycles. The van der Waals surface area contributed by atoms with Gasteiger partial charge in [0.05, 0.1) is 12.5 Å². The van der Waals surface area contributed by atoms with Crippen molar-refractivity contribution in [3.63, 3.8) is 0 Å². The van der Waals surface area contributed by atoms with Crippen LogP contribution in [0.5, 0.6) is 5.75 Å². The largest absolute Gasteiger partial charge is 0.497 e. The van der Waals surface area contributed by atoms with Gasteiger partial charge in [-0.05, 0) is 55.2 Å². The van der Waals surface area contributed by atoms with E-state index in [9.17, 15) is 14.0 Å². The van der Waals surface area contributed by atoms with E-state index in [1.165, 1.54) is 12.1 Å². The SMILES string of the molecule is COc1cccc(CNC(=O)[C@]2(C)CCCN(C(=O)NCc3ccc(F)cc3)C2)c1. The number of urea groups is 1. The van der Waals surface area contributed by atoms with Crippen molar-refractivity contribution in [1.29, 1.82) is 0 Å². The highest BCUT2D eigenvalue weighted by Gasteiger charge is 2.39. The van der Waals surface area contributed by atoms with Gasteiger partial charge in [-0.25, -0.2) is 9.18 Å². The van der Waals surface area contributed by atoms with Crippen LogP contribution in [-0.2, 0) is 17.9 Å². The summed E-state index contributed by atoms with van der Waals surface area (Å²) in [6.07, 6.45) is 1.48. The Hall–Kier alpha value is -3.09. The molecule has 160 valence electrons. The summed E-state index contributed by atoms with van der Waals surface area (Å²) in [7, 11) is 1.61. The maximum absolute atomic E-state index is 13.0. The molecule has 0 saturated carbocycles. The predicted octanol–water partition coefficient (Wildman–Crippen LogP) is 3.46. The van der Waals surface area contributed by atoms with Gasteiger partial charge in [-0.1, -0.05) is 24.3 Å². The quantitative estimate of drug-likeness (QED) is 0.762. The average Bonchev–Trinajstić information content (AvgIpc) is 2.77. The Labute approximate surface area is 176 Å². The monoisotopic (exact) mass is 413 g/mol. The van der Waals surface area contributed by atoms with Crippen molar-refractivity contribution in [1.82, 2.24) is 15.5 Å². The van der Waals surface area contributed by atoms with Crippen LogP contribution >= 0.6 is 0 Å². The minimum Gasteiger partial charge on any atom is -0.497 e. The van der Waals surface area contributed by atoms with Crippen LogP contribution in [0.25, 0.3) is 0 Å². The number of carbonyl (C=O) groups is 2. The van der Waals surface area contributed by atoms with Gasteiger partial charge in [0.15, 0.2) is 0 Å². The van der Waals surface area contributed by atoms with Crippen LogP contribution in [0, 0.1) is 11.2 Å². The fraction of sp³-hybridized carbons (Fsp3) is 0.391. The zero-order valence-corrected chi connectivity index (χ0v) is 17.4. The van der Waals surface area contributed by atoms with Gasteiger partial charge < -0.3 is 20.3 Å². The first-order valence-electron chi connectivity index (χ1n) is 10.1. The number of rotatable bonds is 6. The van der Waals surface area contributed by atoms with Crippen molar-refractivity contribution in [2.45, 2.75) is 32.9 Å². The molecular weight excluding hydrogens is 385 g/mol.